The van der Waals surface area contributed by atoms with Crippen molar-refractivity contribution in [2.75, 3.05) is 11.4 Å². The van der Waals surface area contributed by atoms with Gasteiger partial charge >= 0.3 is 0 Å². The van der Waals surface area contributed by atoms with Gasteiger partial charge in [-0.2, -0.15) is 4.98 Å². The van der Waals surface area contributed by atoms with Crippen LogP contribution in [0, 0.1) is 0 Å². The molecule has 0 spiro atoms. The summed E-state index contributed by atoms with van der Waals surface area (Å²) in [5.41, 5.74) is 3.20. The molecule has 0 fully saturated rings. The standard InChI is InChI=1S/C27H23ClN4O3S/c1-2-13-32-21-12-9-18(15-23(21)36-22-6-4-3-5-20(22)27(32)34)26-30-25(35-31-26)16-29-24(33)14-17-7-10-19(28)11-8-17/h3-12,15H,2,13-14,16H2,1H3,(H,29,33). The minimum absolute atomic E-state index is 0.00244. The number of rotatable bonds is 7. The van der Waals surface area contributed by atoms with Crippen LogP contribution in [0.25, 0.3) is 11.4 Å². The van der Waals surface area contributed by atoms with E-state index in [0.717, 1.165) is 33.0 Å². The summed E-state index contributed by atoms with van der Waals surface area (Å²) in [5.74, 6) is 0.580. The van der Waals surface area contributed by atoms with Crippen LogP contribution in [-0.4, -0.2) is 28.5 Å². The number of anilines is 1. The maximum Gasteiger partial charge on any atom is 0.259 e. The Morgan fingerprint density at radius 2 is 1.89 bits per heavy atom. The third kappa shape index (κ3) is 5.15. The topological polar surface area (TPSA) is 88.3 Å². The number of hydrogen-bond donors (Lipinski definition) is 1. The summed E-state index contributed by atoms with van der Waals surface area (Å²) in [6, 6.07) is 20.6. The van der Waals surface area contributed by atoms with Crippen molar-refractivity contribution in [3.63, 3.8) is 0 Å². The molecule has 0 aliphatic carbocycles. The predicted molar refractivity (Wildman–Crippen MR) is 139 cm³/mol. The molecule has 0 bridgehead atoms. The van der Waals surface area contributed by atoms with Gasteiger partial charge in [-0.3, -0.25) is 9.59 Å². The molecule has 0 atom stereocenters. The number of halogens is 1. The molecule has 1 aromatic heterocycles. The summed E-state index contributed by atoms with van der Waals surface area (Å²) in [5, 5.41) is 7.53. The van der Waals surface area contributed by atoms with Crippen molar-refractivity contribution in [3.8, 4) is 11.4 Å². The van der Waals surface area contributed by atoms with Crippen LogP contribution in [-0.2, 0) is 17.8 Å². The fourth-order valence-corrected chi connectivity index (χ4v) is 5.22. The quantitative estimate of drug-likeness (QED) is 0.334. The van der Waals surface area contributed by atoms with E-state index in [0.29, 0.717) is 28.8 Å². The fraction of sp³-hybridized carbons (Fsp3) is 0.185. The second-order valence-corrected chi connectivity index (χ2v) is 9.85. The largest absolute Gasteiger partial charge is 0.347 e. The molecule has 36 heavy (non-hydrogen) atoms. The maximum atomic E-state index is 13.2. The summed E-state index contributed by atoms with van der Waals surface area (Å²) >= 11 is 7.45. The lowest BCUT2D eigenvalue weighted by molar-refractivity contribution is -0.120. The molecule has 1 aliphatic rings. The molecule has 0 unspecified atom stereocenters. The molecule has 9 heteroatoms. The van der Waals surface area contributed by atoms with Gasteiger partial charge in [0.2, 0.25) is 17.6 Å². The highest BCUT2D eigenvalue weighted by Gasteiger charge is 2.27. The summed E-state index contributed by atoms with van der Waals surface area (Å²) in [6.45, 7) is 2.81. The normalized spacial score (nSPS) is 12.6. The highest BCUT2D eigenvalue weighted by Crippen LogP contribution is 2.42. The molecule has 4 aromatic rings. The molecule has 0 saturated carbocycles. The lowest BCUT2D eigenvalue weighted by Gasteiger charge is -2.22. The fourth-order valence-electron chi connectivity index (χ4n) is 3.98. The number of nitrogens with one attached hydrogen (secondary N) is 1. The number of carbonyl (C=O) groups excluding carboxylic acids is 2. The van der Waals surface area contributed by atoms with E-state index >= 15 is 0 Å². The first-order chi connectivity index (χ1) is 17.5. The van der Waals surface area contributed by atoms with Crippen LogP contribution in [0.15, 0.2) is 81.0 Å². The SMILES string of the molecule is CCCN1C(=O)c2ccccc2Sc2cc(-c3noc(CNC(=O)Cc4ccc(Cl)cc4)n3)ccc21. The molecule has 2 heterocycles. The van der Waals surface area contributed by atoms with E-state index in [2.05, 4.69) is 22.4 Å². The van der Waals surface area contributed by atoms with Crippen LogP contribution in [0.3, 0.4) is 0 Å². The van der Waals surface area contributed by atoms with Crippen LogP contribution >= 0.6 is 23.4 Å². The van der Waals surface area contributed by atoms with Gasteiger partial charge in [0, 0.05) is 26.9 Å². The number of amides is 2. The van der Waals surface area contributed by atoms with Crippen molar-refractivity contribution in [2.45, 2.75) is 36.1 Å². The third-order valence-corrected chi connectivity index (χ3v) is 7.10. The van der Waals surface area contributed by atoms with Crippen molar-refractivity contribution in [2.24, 2.45) is 0 Å². The van der Waals surface area contributed by atoms with Gasteiger partial charge in [-0.15, -0.1) is 0 Å². The lowest BCUT2D eigenvalue weighted by atomic mass is 10.1. The Bertz CT molecular complexity index is 1420. The Kier molecular flexibility index (Phi) is 7.06. The Morgan fingerprint density at radius 3 is 2.69 bits per heavy atom. The van der Waals surface area contributed by atoms with Gasteiger partial charge in [-0.1, -0.05) is 59.7 Å². The molecule has 1 N–H and O–H groups in total. The molecular formula is C27H23ClN4O3S. The maximum absolute atomic E-state index is 13.2. The van der Waals surface area contributed by atoms with Gasteiger partial charge in [-0.25, -0.2) is 0 Å². The Hall–Kier alpha value is -3.62. The van der Waals surface area contributed by atoms with Crippen LogP contribution in [0.2, 0.25) is 5.02 Å². The molecule has 2 amide bonds. The zero-order valence-electron chi connectivity index (χ0n) is 19.5. The molecule has 1 aliphatic heterocycles. The summed E-state index contributed by atoms with van der Waals surface area (Å²) in [6.07, 6.45) is 1.08. The molecular weight excluding hydrogens is 496 g/mol. The minimum atomic E-state index is -0.155. The van der Waals surface area contributed by atoms with Gasteiger partial charge in [0.25, 0.3) is 5.91 Å². The number of fused-ring (bicyclic) bond motifs is 2. The van der Waals surface area contributed by atoms with Crippen molar-refractivity contribution in [1.29, 1.82) is 0 Å². The molecule has 3 aromatic carbocycles. The van der Waals surface area contributed by atoms with Crippen molar-refractivity contribution >= 4 is 40.9 Å². The molecule has 0 radical (unpaired) electrons. The van der Waals surface area contributed by atoms with Crippen molar-refractivity contribution in [1.82, 2.24) is 15.5 Å². The zero-order chi connectivity index (χ0) is 25.1. The smallest absolute Gasteiger partial charge is 0.259 e. The van der Waals surface area contributed by atoms with Crippen LogP contribution in [0.1, 0.15) is 35.2 Å². The van der Waals surface area contributed by atoms with Gasteiger partial charge in [-0.05, 0) is 54.4 Å². The monoisotopic (exact) mass is 518 g/mol. The van der Waals surface area contributed by atoms with Crippen molar-refractivity contribution < 1.29 is 14.1 Å². The first kappa shape index (κ1) is 24.1. The van der Waals surface area contributed by atoms with E-state index in [1.54, 1.807) is 23.9 Å². The average molecular weight is 519 g/mol. The second kappa shape index (κ2) is 10.6. The second-order valence-electron chi connectivity index (χ2n) is 8.33. The van der Waals surface area contributed by atoms with E-state index in [4.69, 9.17) is 16.1 Å². The first-order valence-corrected chi connectivity index (χ1v) is 12.8. The molecule has 7 nitrogen and oxygen atoms in total. The first-order valence-electron chi connectivity index (χ1n) is 11.6. The number of nitrogens with zero attached hydrogens (tertiary/aromatic N) is 3. The van der Waals surface area contributed by atoms with E-state index in [9.17, 15) is 9.59 Å². The predicted octanol–water partition coefficient (Wildman–Crippen LogP) is 5.77. The van der Waals surface area contributed by atoms with Crippen LogP contribution < -0.4 is 10.2 Å². The molecule has 5 rings (SSSR count). The van der Waals surface area contributed by atoms with E-state index in [-0.39, 0.29) is 24.8 Å². The minimum Gasteiger partial charge on any atom is -0.347 e. The van der Waals surface area contributed by atoms with E-state index < -0.39 is 0 Å². The third-order valence-electron chi connectivity index (χ3n) is 5.72. The van der Waals surface area contributed by atoms with E-state index in [1.165, 1.54) is 0 Å². The summed E-state index contributed by atoms with van der Waals surface area (Å²) in [7, 11) is 0. The van der Waals surface area contributed by atoms with Gasteiger partial charge in [0.05, 0.1) is 24.2 Å². The average Bonchev–Trinajstić information content (AvgIpc) is 3.33. The van der Waals surface area contributed by atoms with Gasteiger partial charge in [0.1, 0.15) is 0 Å². The molecule has 0 saturated heterocycles. The Morgan fingerprint density at radius 1 is 1.08 bits per heavy atom. The van der Waals surface area contributed by atoms with Crippen LogP contribution in [0.5, 0.6) is 0 Å². The number of hydrogen-bond acceptors (Lipinski definition) is 6. The number of benzene rings is 3. The Labute approximate surface area is 217 Å². The van der Waals surface area contributed by atoms with Crippen molar-refractivity contribution in [3.05, 3.63) is 88.8 Å². The van der Waals surface area contributed by atoms with E-state index in [1.807, 2.05) is 59.5 Å². The van der Waals surface area contributed by atoms with Gasteiger partial charge < -0.3 is 14.7 Å². The number of carbonyl (C=O) groups is 2. The zero-order valence-corrected chi connectivity index (χ0v) is 21.1. The van der Waals surface area contributed by atoms with Gasteiger partial charge in [0.15, 0.2) is 0 Å². The Balaban J connectivity index is 1.33. The summed E-state index contributed by atoms with van der Waals surface area (Å²) < 4.78 is 5.37. The molecule has 182 valence electrons. The highest BCUT2D eigenvalue weighted by molar-refractivity contribution is 7.99. The van der Waals surface area contributed by atoms with Crippen LogP contribution in [0.4, 0.5) is 5.69 Å². The number of aromatic nitrogens is 2. The lowest BCUT2D eigenvalue weighted by Crippen LogP contribution is -2.31. The highest BCUT2D eigenvalue weighted by atomic mass is 35.5. The summed E-state index contributed by atoms with van der Waals surface area (Å²) in [4.78, 5) is 33.7.